The summed E-state index contributed by atoms with van der Waals surface area (Å²) in [7, 11) is 1.81. The van der Waals surface area contributed by atoms with E-state index in [0.29, 0.717) is 12.8 Å². The summed E-state index contributed by atoms with van der Waals surface area (Å²) in [6, 6.07) is 26.0. The maximum Gasteiger partial charge on any atom is 0.223 e. The molecule has 0 heterocycles. The summed E-state index contributed by atoms with van der Waals surface area (Å²) in [4.78, 5) is 14.6. The Morgan fingerprint density at radius 1 is 0.846 bits per heavy atom. The molecule has 0 aliphatic heterocycles. The van der Waals surface area contributed by atoms with Crippen molar-refractivity contribution in [3.05, 3.63) is 107 Å². The van der Waals surface area contributed by atoms with Gasteiger partial charge in [-0.15, -0.1) is 0 Å². The third kappa shape index (κ3) is 4.37. The summed E-state index contributed by atoms with van der Waals surface area (Å²) in [5, 5.41) is 0. The molecule has 0 aromatic heterocycles. The average molecular weight is 347 g/mol. The van der Waals surface area contributed by atoms with Gasteiger partial charge in [-0.3, -0.25) is 4.79 Å². The molecule has 132 valence electrons. The Kier molecular flexibility index (Phi) is 5.80. The molecule has 26 heavy (non-hydrogen) atoms. The fraction of sp³-hybridized carbons (Fsp3) is 0.174. The Morgan fingerprint density at radius 3 is 2.00 bits per heavy atom. The molecule has 2 nitrogen and oxygen atoms in total. The van der Waals surface area contributed by atoms with Crippen LogP contribution in [0, 0.1) is 5.82 Å². The van der Waals surface area contributed by atoms with Gasteiger partial charge in [0.25, 0.3) is 0 Å². The lowest BCUT2D eigenvalue weighted by Crippen LogP contribution is -2.32. The first-order valence-electron chi connectivity index (χ1n) is 8.75. The van der Waals surface area contributed by atoms with E-state index in [1.807, 2.05) is 67.7 Å². The van der Waals surface area contributed by atoms with Crippen LogP contribution in [-0.2, 0) is 11.2 Å². The number of carbonyl (C=O) groups is 1. The third-order valence-corrected chi connectivity index (χ3v) is 4.55. The fourth-order valence-electron chi connectivity index (χ4n) is 3.14. The monoisotopic (exact) mass is 347 g/mol. The summed E-state index contributed by atoms with van der Waals surface area (Å²) >= 11 is 0. The molecule has 0 spiro atoms. The lowest BCUT2D eigenvalue weighted by Gasteiger charge is -2.29. The van der Waals surface area contributed by atoms with E-state index >= 15 is 0 Å². The predicted octanol–water partition coefficient (Wildman–Crippen LogP) is 5.01. The largest absolute Gasteiger partial charge is 0.335 e. The highest BCUT2D eigenvalue weighted by Crippen LogP contribution is 2.28. The molecule has 3 heteroatoms. The Hall–Kier alpha value is -2.94. The van der Waals surface area contributed by atoms with Gasteiger partial charge in [0.15, 0.2) is 0 Å². The van der Waals surface area contributed by atoms with Crippen LogP contribution in [0.1, 0.15) is 29.2 Å². The Bertz CT molecular complexity index is 831. The van der Waals surface area contributed by atoms with E-state index in [-0.39, 0.29) is 17.8 Å². The van der Waals surface area contributed by atoms with Gasteiger partial charge in [-0.1, -0.05) is 72.8 Å². The molecule has 0 bridgehead atoms. The molecular weight excluding hydrogens is 325 g/mol. The number of halogens is 1. The van der Waals surface area contributed by atoms with E-state index in [2.05, 4.69) is 0 Å². The van der Waals surface area contributed by atoms with Crippen LogP contribution < -0.4 is 0 Å². The van der Waals surface area contributed by atoms with Crippen LogP contribution in [0.15, 0.2) is 84.9 Å². The molecule has 1 unspecified atom stereocenters. The number of carbonyl (C=O) groups excluding carboxylic acids is 1. The van der Waals surface area contributed by atoms with Crippen LogP contribution in [0.25, 0.3) is 0 Å². The first kappa shape index (κ1) is 17.9. The summed E-state index contributed by atoms with van der Waals surface area (Å²) in [6.45, 7) is 0. The Balaban J connectivity index is 1.81. The van der Waals surface area contributed by atoms with Crippen molar-refractivity contribution in [2.75, 3.05) is 7.05 Å². The van der Waals surface area contributed by atoms with Gasteiger partial charge in [-0.25, -0.2) is 4.39 Å². The number of hydrogen-bond acceptors (Lipinski definition) is 1. The van der Waals surface area contributed by atoms with Crippen LogP contribution in [0.5, 0.6) is 0 Å². The van der Waals surface area contributed by atoms with Crippen LogP contribution in [-0.4, -0.2) is 17.9 Å². The normalized spacial score (nSPS) is 11.8. The van der Waals surface area contributed by atoms with Crippen LogP contribution in [0.4, 0.5) is 4.39 Å². The van der Waals surface area contributed by atoms with Gasteiger partial charge in [0.1, 0.15) is 5.82 Å². The molecular formula is C23H22FNO. The first-order chi connectivity index (χ1) is 12.6. The zero-order valence-corrected chi connectivity index (χ0v) is 14.8. The van der Waals surface area contributed by atoms with Crippen molar-refractivity contribution in [1.82, 2.24) is 4.90 Å². The van der Waals surface area contributed by atoms with Gasteiger partial charge in [-0.05, 0) is 35.2 Å². The number of amides is 1. The molecule has 3 aromatic carbocycles. The second-order valence-electron chi connectivity index (χ2n) is 6.36. The minimum atomic E-state index is -0.279. The molecule has 3 aromatic rings. The topological polar surface area (TPSA) is 20.3 Å². The minimum absolute atomic E-state index is 0.0621. The molecule has 0 N–H and O–H groups in total. The van der Waals surface area contributed by atoms with Gasteiger partial charge in [0, 0.05) is 13.5 Å². The maximum atomic E-state index is 13.3. The smallest absolute Gasteiger partial charge is 0.223 e. The van der Waals surface area contributed by atoms with Gasteiger partial charge in [0.2, 0.25) is 5.91 Å². The molecule has 0 aliphatic carbocycles. The van der Waals surface area contributed by atoms with E-state index in [0.717, 1.165) is 16.7 Å². The number of nitrogens with zero attached hydrogens (tertiary/aromatic N) is 1. The van der Waals surface area contributed by atoms with Crippen LogP contribution >= 0.6 is 0 Å². The van der Waals surface area contributed by atoms with Crippen LogP contribution in [0.3, 0.4) is 0 Å². The Labute approximate surface area is 153 Å². The lowest BCUT2D eigenvalue weighted by atomic mass is 9.97. The molecule has 0 aliphatic rings. The third-order valence-electron chi connectivity index (χ3n) is 4.55. The first-order valence-corrected chi connectivity index (χ1v) is 8.75. The number of aryl methyl sites for hydroxylation is 1. The van der Waals surface area contributed by atoms with Gasteiger partial charge in [-0.2, -0.15) is 0 Å². The zero-order chi connectivity index (χ0) is 18.4. The average Bonchev–Trinajstić information content (AvgIpc) is 2.69. The molecule has 1 atom stereocenters. The quantitative estimate of drug-likeness (QED) is 0.614. The molecule has 3 rings (SSSR count). The second-order valence-corrected chi connectivity index (χ2v) is 6.36. The van der Waals surface area contributed by atoms with Crippen molar-refractivity contribution >= 4 is 5.91 Å². The highest BCUT2D eigenvalue weighted by Gasteiger charge is 2.23. The van der Waals surface area contributed by atoms with E-state index < -0.39 is 0 Å². The summed E-state index contributed by atoms with van der Waals surface area (Å²) in [5.74, 6) is -0.217. The van der Waals surface area contributed by atoms with E-state index in [9.17, 15) is 9.18 Å². The minimum Gasteiger partial charge on any atom is -0.335 e. The molecule has 0 saturated heterocycles. The summed E-state index contributed by atoms with van der Waals surface area (Å²) in [5.41, 5.74) is 3.05. The number of hydrogen-bond donors (Lipinski definition) is 0. The molecule has 0 fully saturated rings. The SMILES string of the molecule is CN(C(=O)CCc1ccccc1)C(c1ccccc1)c1ccc(F)cc1. The summed E-state index contributed by atoms with van der Waals surface area (Å²) < 4.78 is 13.3. The standard InChI is InChI=1S/C23H22FNO/c1-25(22(26)17-12-18-8-4-2-5-9-18)23(19-10-6-3-7-11-19)20-13-15-21(24)16-14-20/h2-11,13-16,23H,12,17H2,1H3. The van der Waals surface area contributed by atoms with Crippen molar-refractivity contribution in [3.8, 4) is 0 Å². The fourth-order valence-corrected chi connectivity index (χ4v) is 3.14. The predicted molar refractivity (Wildman–Crippen MR) is 102 cm³/mol. The Morgan fingerprint density at radius 2 is 1.38 bits per heavy atom. The van der Waals surface area contributed by atoms with E-state index in [1.165, 1.54) is 12.1 Å². The van der Waals surface area contributed by atoms with Crippen molar-refractivity contribution in [3.63, 3.8) is 0 Å². The highest BCUT2D eigenvalue weighted by atomic mass is 19.1. The van der Waals surface area contributed by atoms with Gasteiger partial charge < -0.3 is 4.90 Å². The van der Waals surface area contributed by atoms with E-state index in [1.54, 1.807) is 17.0 Å². The molecule has 0 radical (unpaired) electrons. The van der Waals surface area contributed by atoms with Gasteiger partial charge >= 0.3 is 0 Å². The van der Waals surface area contributed by atoms with Crippen molar-refractivity contribution in [2.24, 2.45) is 0 Å². The zero-order valence-electron chi connectivity index (χ0n) is 14.8. The second kappa shape index (κ2) is 8.43. The van der Waals surface area contributed by atoms with Gasteiger partial charge in [0.05, 0.1) is 6.04 Å². The van der Waals surface area contributed by atoms with Crippen molar-refractivity contribution < 1.29 is 9.18 Å². The van der Waals surface area contributed by atoms with Crippen molar-refractivity contribution in [2.45, 2.75) is 18.9 Å². The number of benzene rings is 3. The van der Waals surface area contributed by atoms with Crippen LogP contribution in [0.2, 0.25) is 0 Å². The van der Waals surface area contributed by atoms with Crippen molar-refractivity contribution in [1.29, 1.82) is 0 Å². The molecule has 0 saturated carbocycles. The lowest BCUT2D eigenvalue weighted by molar-refractivity contribution is -0.131. The maximum absolute atomic E-state index is 13.3. The molecule has 1 amide bonds. The highest BCUT2D eigenvalue weighted by molar-refractivity contribution is 5.77. The number of rotatable bonds is 6. The summed E-state index contributed by atoms with van der Waals surface area (Å²) in [6.07, 6.45) is 1.14. The van der Waals surface area contributed by atoms with E-state index in [4.69, 9.17) is 0 Å².